The van der Waals surface area contributed by atoms with E-state index in [9.17, 15) is 9.59 Å². The maximum Gasteiger partial charge on any atom is 0.306 e. The largest absolute Gasteiger partial charge is 0.466 e. The smallest absolute Gasteiger partial charge is 0.306 e. The van der Waals surface area contributed by atoms with Crippen LogP contribution in [0.1, 0.15) is 57.8 Å². The maximum atomic E-state index is 11.8. The number of hydrogen-bond acceptors (Lipinski definition) is 4. The van der Waals surface area contributed by atoms with E-state index in [0.717, 1.165) is 24.2 Å². The van der Waals surface area contributed by atoms with Gasteiger partial charge in [-0.15, -0.1) is 23.2 Å². The van der Waals surface area contributed by atoms with E-state index >= 15 is 0 Å². The molecule has 4 bridgehead atoms. The van der Waals surface area contributed by atoms with E-state index in [1.165, 1.54) is 38.5 Å². The van der Waals surface area contributed by atoms with Crippen molar-refractivity contribution in [3.05, 3.63) is 0 Å². The fraction of sp³-hybridized carbons (Fsp3) is 0.889. The number of esters is 2. The number of carbonyl (C=O) groups is 2. The molecule has 4 rings (SSSR count). The van der Waals surface area contributed by atoms with Gasteiger partial charge in [0.1, 0.15) is 11.4 Å². The van der Waals surface area contributed by atoms with Gasteiger partial charge in [-0.3, -0.25) is 9.59 Å². The highest BCUT2D eigenvalue weighted by atomic mass is 35.5. The summed E-state index contributed by atoms with van der Waals surface area (Å²) < 4.78 is 10.2. The Morgan fingerprint density at radius 2 is 1.42 bits per heavy atom. The molecule has 0 aromatic rings. The van der Waals surface area contributed by atoms with E-state index < -0.39 is 10.8 Å². The van der Waals surface area contributed by atoms with Crippen LogP contribution in [-0.4, -0.2) is 30.0 Å². The van der Waals surface area contributed by atoms with Crippen LogP contribution in [0.5, 0.6) is 0 Å². The number of rotatable bonds is 8. The van der Waals surface area contributed by atoms with Crippen molar-refractivity contribution in [1.29, 1.82) is 0 Å². The molecule has 0 saturated heterocycles. The molecule has 0 aromatic heterocycles. The summed E-state index contributed by atoms with van der Waals surface area (Å²) in [6.07, 6.45) is 9.27. The average molecular weight is 377 g/mol. The normalized spacial score (nSPS) is 33.7. The van der Waals surface area contributed by atoms with E-state index in [1.807, 2.05) is 0 Å². The van der Waals surface area contributed by atoms with Crippen LogP contribution in [0.25, 0.3) is 0 Å². The summed E-state index contributed by atoms with van der Waals surface area (Å²) in [5.41, 5.74) is 0.420. The average Bonchev–Trinajstić information content (AvgIpc) is 2.49. The van der Waals surface area contributed by atoms with E-state index in [2.05, 4.69) is 0 Å². The number of alkyl halides is 2. The van der Waals surface area contributed by atoms with Crippen LogP contribution in [0.2, 0.25) is 0 Å². The SMILES string of the molecule is O=C(CCC(=O)OCC(Cl)Cl)OCCC12CC3CC(CC(C3)C1)C2. The molecule has 4 aliphatic rings. The molecule has 0 amide bonds. The van der Waals surface area contributed by atoms with Gasteiger partial charge in [-0.1, -0.05) is 0 Å². The Hall–Kier alpha value is -0.480. The Bertz CT molecular complexity index is 442. The standard InChI is InChI=1S/C18H26Cl2O4/c19-15(20)11-24-17(22)2-1-16(21)23-4-3-18-8-12-5-13(9-18)7-14(6-12)10-18/h12-15H,1-11H2. The lowest BCUT2D eigenvalue weighted by molar-refractivity contribution is -0.151. The number of halogens is 2. The molecule has 0 N–H and O–H groups in total. The summed E-state index contributed by atoms with van der Waals surface area (Å²) >= 11 is 11.0. The van der Waals surface area contributed by atoms with Crippen molar-refractivity contribution in [2.45, 2.75) is 62.6 Å². The Kier molecular flexibility index (Phi) is 5.97. The quantitative estimate of drug-likeness (QED) is 0.468. The molecular formula is C18H26Cl2O4. The van der Waals surface area contributed by atoms with E-state index in [4.69, 9.17) is 32.7 Å². The summed E-state index contributed by atoms with van der Waals surface area (Å²) in [5, 5.41) is 0. The van der Waals surface area contributed by atoms with Gasteiger partial charge in [0.05, 0.1) is 19.4 Å². The molecule has 0 heterocycles. The van der Waals surface area contributed by atoms with Crippen LogP contribution in [0.4, 0.5) is 0 Å². The zero-order chi connectivity index (χ0) is 17.2. The Morgan fingerprint density at radius 1 is 0.917 bits per heavy atom. The second-order valence-corrected chi connectivity index (χ2v) is 9.24. The van der Waals surface area contributed by atoms with Gasteiger partial charge in [0.2, 0.25) is 0 Å². The van der Waals surface area contributed by atoms with Crippen molar-refractivity contribution in [3.8, 4) is 0 Å². The lowest BCUT2D eigenvalue weighted by Gasteiger charge is -2.57. The van der Waals surface area contributed by atoms with Crippen LogP contribution in [0, 0.1) is 23.2 Å². The molecule has 0 atom stereocenters. The zero-order valence-corrected chi connectivity index (χ0v) is 15.5. The molecule has 4 fully saturated rings. The third kappa shape index (κ3) is 4.78. The third-order valence-corrected chi connectivity index (χ3v) is 6.22. The van der Waals surface area contributed by atoms with Gasteiger partial charge >= 0.3 is 11.9 Å². The molecular weight excluding hydrogens is 351 g/mol. The van der Waals surface area contributed by atoms with E-state index in [1.54, 1.807) is 0 Å². The summed E-state index contributed by atoms with van der Waals surface area (Å²) in [5.74, 6) is 1.93. The minimum absolute atomic E-state index is 0.0106. The van der Waals surface area contributed by atoms with Crippen molar-refractivity contribution >= 4 is 35.1 Å². The van der Waals surface area contributed by atoms with Crippen molar-refractivity contribution in [3.63, 3.8) is 0 Å². The lowest BCUT2D eigenvalue weighted by Crippen LogP contribution is -2.46. The third-order valence-electron chi connectivity index (χ3n) is 5.96. The molecule has 0 aliphatic heterocycles. The Balaban J connectivity index is 1.33. The van der Waals surface area contributed by atoms with Crippen molar-refractivity contribution in [2.75, 3.05) is 13.2 Å². The predicted molar refractivity (Wildman–Crippen MR) is 91.9 cm³/mol. The highest BCUT2D eigenvalue weighted by Gasteiger charge is 2.50. The number of hydrogen-bond donors (Lipinski definition) is 0. The molecule has 6 heteroatoms. The van der Waals surface area contributed by atoms with Gasteiger partial charge in [-0.05, 0) is 68.1 Å². The second kappa shape index (κ2) is 7.82. The molecule has 0 aromatic carbocycles. The number of carbonyl (C=O) groups excluding carboxylic acids is 2. The predicted octanol–water partition coefficient (Wildman–Crippen LogP) is 4.26. The first-order chi connectivity index (χ1) is 11.4. The lowest BCUT2D eigenvalue weighted by atomic mass is 9.49. The van der Waals surface area contributed by atoms with Crippen molar-refractivity contribution in [2.24, 2.45) is 23.2 Å². The summed E-state index contributed by atoms with van der Waals surface area (Å²) in [6, 6.07) is 0. The maximum absolute atomic E-state index is 11.8. The van der Waals surface area contributed by atoms with Gasteiger partial charge in [-0.2, -0.15) is 0 Å². The molecule has 24 heavy (non-hydrogen) atoms. The zero-order valence-electron chi connectivity index (χ0n) is 14.0. The number of ether oxygens (including phenoxy) is 2. The fourth-order valence-corrected chi connectivity index (χ4v) is 5.61. The summed E-state index contributed by atoms with van der Waals surface area (Å²) in [4.78, 5) is 22.5. The first-order valence-electron chi connectivity index (χ1n) is 9.03. The molecule has 4 aliphatic carbocycles. The minimum atomic E-state index is -0.735. The van der Waals surface area contributed by atoms with Crippen LogP contribution in [0.3, 0.4) is 0 Å². The highest BCUT2D eigenvalue weighted by molar-refractivity contribution is 6.44. The van der Waals surface area contributed by atoms with E-state index in [0.29, 0.717) is 12.0 Å². The van der Waals surface area contributed by atoms with Crippen LogP contribution < -0.4 is 0 Å². The fourth-order valence-electron chi connectivity index (χ4n) is 5.48. The Labute approximate surface area is 153 Å². The van der Waals surface area contributed by atoms with Gasteiger partial charge in [0.15, 0.2) is 0 Å². The van der Waals surface area contributed by atoms with Gasteiger partial charge < -0.3 is 9.47 Å². The first-order valence-corrected chi connectivity index (χ1v) is 9.91. The molecule has 0 radical (unpaired) electrons. The van der Waals surface area contributed by atoms with Crippen molar-refractivity contribution in [1.82, 2.24) is 0 Å². The van der Waals surface area contributed by atoms with Gasteiger partial charge in [-0.25, -0.2) is 0 Å². The molecule has 0 spiro atoms. The Morgan fingerprint density at radius 3 is 1.92 bits per heavy atom. The molecule has 0 unspecified atom stereocenters. The first kappa shape index (κ1) is 18.3. The molecule has 136 valence electrons. The second-order valence-electron chi connectivity index (χ2n) is 7.96. The van der Waals surface area contributed by atoms with E-state index in [-0.39, 0.29) is 25.4 Å². The molecule has 4 nitrogen and oxygen atoms in total. The monoisotopic (exact) mass is 376 g/mol. The van der Waals surface area contributed by atoms with Crippen molar-refractivity contribution < 1.29 is 19.1 Å². The van der Waals surface area contributed by atoms with Crippen LogP contribution in [-0.2, 0) is 19.1 Å². The molecule has 4 saturated carbocycles. The van der Waals surface area contributed by atoms with Gasteiger partial charge in [0.25, 0.3) is 0 Å². The highest BCUT2D eigenvalue weighted by Crippen LogP contribution is 2.61. The minimum Gasteiger partial charge on any atom is -0.466 e. The summed E-state index contributed by atoms with van der Waals surface area (Å²) in [7, 11) is 0. The van der Waals surface area contributed by atoms with Crippen LogP contribution in [0.15, 0.2) is 0 Å². The van der Waals surface area contributed by atoms with Gasteiger partial charge in [0, 0.05) is 0 Å². The topological polar surface area (TPSA) is 52.6 Å². The summed E-state index contributed by atoms with van der Waals surface area (Å²) in [6.45, 7) is 0.425. The van der Waals surface area contributed by atoms with Crippen LogP contribution >= 0.6 is 23.2 Å².